The second-order valence-electron chi connectivity index (χ2n) is 8.55. The van der Waals surface area contributed by atoms with Gasteiger partial charge < -0.3 is 10.2 Å². The molecule has 3 rings (SSSR count). The lowest BCUT2D eigenvalue weighted by atomic mass is 10.0. The minimum atomic E-state index is -0.757. The topological polar surface area (TPSA) is 49.4 Å². The molecule has 0 spiro atoms. The first-order valence-corrected chi connectivity index (χ1v) is 12.7. The molecule has 35 heavy (non-hydrogen) atoms. The molecule has 0 saturated heterocycles. The number of hydrogen-bond acceptors (Lipinski definition) is 2. The average Bonchev–Trinajstić information content (AvgIpc) is 2.80. The molecular weight excluding hydrogens is 526 g/mol. The number of halogens is 4. The molecule has 2 amide bonds. The van der Waals surface area contributed by atoms with Crippen LogP contribution in [-0.2, 0) is 29.0 Å². The first-order chi connectivity index (χ1) is 16.6. The van der Waals surface area contributed by atoms with E-state index in [4.69, 9.17) is 46.4 Å². The molecule has 3 aromatic carbocycles. The highest BCUT2D eigenvalue weighted by atomic mass is 35.5. The Morgan fingerprint density at radius 3 is 2.17 bits per heavy atom. The summed E-state index contributed by atoms with van der Waals surface area (Å²) in [5.74, 6) is -0.486. The standard InChI is InChI=1S/C27H26Cl4N2O2/c1-17(2)32-27(35)25(13-18-6-4-3-5-7-18)33(16-19-8-11-22(29)24(31)12-19)26(34)14-20-9-10-21(28)15-23(20)30/h3-12,15,17,25H,13-14,16H2,1-2H3,(H,32,35)/t25-/m1/s1. The van der Waals surface area contributed by atoms with E-state index in [2.05, 4.69) is 5.32 Å². The molecule has 0 radical (unpaired) electrons. The number of hydrogen-bond donors (Lipinski definition) is 1. The normalized spacial score (nSPS) is 11.9. The molecular formula is C27H26Cl4N2O2. The van der Waals surface area contributed by atoms with Crippen molar-refractivity contribution in [3.05, 3.63) is 104 Å². The van der Waals surface area contributed by atoms with Crippen molar-refractivity contribution in [2.24, 2.45) is 0 Å². The van der Waals surface area contributed by atoms with Crippen LogP contribution in [0.2, 0.25) is 20.1 Å². The zero-order chi connectivity index (χ0) is 25.5. The molecule has 0 aliphatic carbocycles. The molecule has 0 aliphatic rings. The summed E-state index contributed by atoms with van der Waals surface area (Å²) in [5, 5.41) is 4.64. The lowest BCUT2D eigenvalue weighted by molar-refractivity contribution is -0.141. The quantitative estimate of drug-likeness (QED) is 0.311. The highest BCUT2D eigenvalue weighted by Gasteiger charge is 2.31. The fraction of sp³-hybridized carbons (Fsp3) is 0.259. The summed E-state index contributed by atoms with van der Waals surface area (Å²) in [6.45, 7) is 3.94. The van der Waals surface area contributed by atoms with Gasteiger partial charge in [-0.3, -0.25) is 9.59 Å². The predicted molar refractivity (Wildman–Crippen MR) is 144 cm³/mol. The Balaban J connectivity index is 2.00. The Morgan fingerprint density at radius 1 is 0.829 bits per heavy atom. The van der Waals surface area contributed by atoms with Crippen LogP contribution in [0.1, 0.15) is 30.5 Å². The number of amides is 2. The van der Waals surface area contributed by atoms with E-state index in [0.717, 1.165) is 11.1 Å². The molecule has 1 N–H and O–H groups in total. The average molecular weight is 552 g/mol. The molecule has 4 nitrogen and oxygen atoms in total. The summed E-state index contributed by atoms with van der Waals surface area (Å²) in [6.07, 6.45) is 0.360. The van der Waals surface area contributed by atoms with Gasteiger partial charge in [0.25, 0.3) is 0 Å². The summed E-state index contributed by atoms with van der Waals surface area (Å²) in [4.78, 5) is 28.7. The van der Waals surface area contributed by atoms with Gasteiger partial charge in [0.2, 0.25) is 11.8 Å². The lowest BCUT2D eigenvalue weighted by Crippen LogP contribution is -2.52. The lowest BCUT2D eigenvalue weighted by Gasteiger charge is -2.32. The second-order valence-corrected chi connectivity index (χ2v) is 10.2. The molecule has 0 bridgehead atoms. The van der Waals surface area contributed by atoms with Crippen LogP contribution in [0.4, 0.5) is 0 Å². The van der Waals surface area contributed by atoms with E-state index in [1.807, 2.05) is 44.2 Å². The van der Waals surface area contributed by atoms with Gasteiger partial charge in [-0.1, -0.05) is 88.9 Å². The van der Waals surface area contributed by atoms with Crippen molar-refractivity contribution in [2.75, 3.05) is 0 Å². The maximum atomic E-state index is 13.7. The number of carbonyl (C=O) groups excluding carboxylic acids is 2. The summed E-state index contributed by atoms with van der Waals surface area (Å²) >= 11 is 24.7. The molecule has 3 aromatic rings. The minimum Gasteiger partial charge on any atom is -0.352 e. The van der Waals surface area contributed by atoms with Crippen LogP contribution in [0.5, 0.6) is 0 Å². The maximum Gasteiger partial charge on any atom is 0.243 e. The van der Waals surface area contributed by atoms with Gasteiger partial charge in [0.1, 0.15) is 6.04 Å². The Hall–Kier alpha value is -2.24. The SMILES string of the molecule is CC(C)NC(=O)[C@@H](Cc1ccccc1)N(Cc1ccc(Cl)c(Cl)c1)C(=O)Cc1ccc(Cl)cc1Cl. The van der Waals surface area contributed by atoms with Gasteiger partial charge in [-0.25, -0.2) is 0 Å². The monoisotopic (exact) mass is 550 g/mol. The molecule has 0 saturated carbocycles. The van der Waals surface area contributed by atoms with E-state index in [-0.39, 0.29) is 30.8 Å². The molecule has 0 unspecified atom stereocenters. The van der Waals surface area contributed by atoms with Crippen molar-refractivity contribution < 1.29 is 9.59 Å². The van der Waals surface area contributed by atoms with E-state index in [0.29, 0.717) is 32.1 Å². The summed E-state index contributed by atoms with van der Waals surface area (Å²) in [5.41, 5.74) is 2.32. The van der Waals surface area contributed by atoms with Crippen LogP contribution < -0.4 is 5.32 Å². The van der Waals surface area contributed by atoms with Crippen molar-refractivity contribution in [3.63, 3.8) is 0 Å². The van der Waals surface area contributed by atoms with Crippen LogP contribution in [0.25, 0.3) is 0 Å². The Morgan fingerprint density at radius 2 is 1.54 bits per heavy atom. The van der Waals surface area contributed by atoms with Crippen LogP contribution in [0.3, 0.4) is 0 Å². The number of carbonyl (C=O) groups is 2. The van der Waals surface area contributed by atoms with Crippen molar-refractivity contribution in [1.29, 1.82) is 0 Å². The van der Waals surface area contributed by atoms with Gasteiger partial charge in [0.05, 0.1) is 16.5 Å². The molecule has 0 aromatic heterocycles. The zero-order valence-electron chi connectivity index (χ0n) is 19.4. The molecule has 184 valence electrons. The summed E-state index contributed by atoms with van der Waals surface area (Å²) < 4.78 is 0. The summed E-state index contributed by atoms with van der Waals surface area (Å²) in [7, 11) is 0. The number of rotatable bonds is 9. The Kier molecular flexibility index (Phi) is 9.88. The van der Waals surface area contributed by atoms with E-state index >= 15 is 0 Å². The maximum absolute atomic E-state index is 13.7. The van der Waals surface area contributed by atoms with E-state index in [1.165, 1.54) is 0 Å². The van der Waals surface area contributed by atoms with Crippen LogP contribution >= 0.6 is 46.4 Å². The van der Waals surface area contributed by atoms with Gasteiger partial charge in [-0.15, -0.1) is 0 Å². The molecule has 1 atom stereocenters. The predicted octanol–water partition coefficient (Wildman–Crippen LogP) is 7.01. The third kappa shape index (κ3) is 7.88. The largest absolute Gasteiger partial charge is 0.352 e. The smallest absolute Gasteiger partial charge is 0.243 e. The van der Waals surface area contributed by atoms with Gasteiger partial charge in [0.15, 0.2) is 0 Å². The van der Waals surface area contributed by atoms with Crippen LogP contribution in [-0.4, -0.2) is 28.8 Å². The fourth-order valence-electron chi connectivity index (χ4n) is 3.70. The minimum absolute atomic E-state index is 0.0115. The van der Waals surface area contributed by atoms with E-state index < -0.39 is 6.04 Å². The summed E-state index contributed by atoms with van der Waals surface area (Å²) in [6, 6.07) is 18.9. The first kappa shape index (κ1) is 27.3. The van der Waals surface area contributed by atoms with Gasteiger partial charge in [-0.05, 0) is 54.8 Å². The Bertz CT molecular complexity index is 1190. The zero-order valence-corrected chi connectivity index (χ0v) is 22.4. The van der Waals surface area contributed by atoms with E-state index in [1.54, 1.807) is 41.3 Å². The highest BCUT2D eigenvalue weighted by molar-refractivity contribution is 6.42. The molecule has 0 aliphatic heterocycles. The number of nitrogens with one attached hydrogen (secondary N) is 1. The molecule has 0 fully saturated rings. The van der Waals surface area contributed by atoms with Crippen molar-refractivity contribution in [3.8, 4) is 0 Å². The second kappa shape index (κ2) is 12.6. The number of benzene rings is 3. The van der Waals surface area contributed by atoms with Gasteiger partial charge in [-0.2, -0.15) is 0 Å². The van der Waals surface area contributed by atoms with Crippen molar-refractivity contribution in [1.82, 2.24) is 10.2 Å². The van der Waals surface area contributed by atoms with Crippen LogP contribution in [0.15, 0.2) is 66.7 Å². The third-order valence-electron chi connectivity index (χ3n) is 5.40. The third-order valence-corrected chi connectivity index (χ3v) is 6.72. The highest BCUT2D eigenvalue weighted by Crippen LogP contribution is 2.26. The van der Waals surface area contributed by atoms with E-state index in [9.17, 15) is 9.59 Å². The van der Waals surface area contributed by atoms with Crippen molar-refractivity contribution in [2.45, 2.75) is 45.3 Å². The molecule has 8 heteroatoms. The number of nitrogens with zero attached hydrogens (tertiary/aromatic N) is 1. The first-order valence-electron chi connectivity index (χ1n) is 11.2. The molecule has 0 heterocycles. The van der Waals surface area contributed by atoms with Gasteiger partial charge in [0, 0.05) is 29.1 Å². The van der Waals surface area contributed by atoms with Gasteiger partial charge >= 0.3 is 0 Å². The van der Waals surface area contributed by atoms with Crippen molar-refractivity contribution >= 4 is 58.2 Å². The fourth-order valence-corrected chi connectivity index (χ4v) is 4.49. The van der Waals surface area contributed by atoms with Crippen LogP contribution in [0, 0.1) is 0 Å². The Labute approximate surface area is 226 Å².